The second kappa shape index (κ2) is 18.4. The maximum Gasteiger partial charge on any atom is 0.213 e. The van der Waals surface area contributed by atoms with Gasteiger partial charge in [0.1, 0.15) is 5.82 Å². The molecule has 14 rings (SSSR count). The van der Waals surface area contributed by atoms with E-state index >= 15 is 0 Å². The van der Waals surface area contributed by atoms with Gasteiger partial charge in [0, 0.05) is 74.5 Å². The van der Waals surface area contributed by atoms with Crippen LogP contribution in [0.3, 0.4) is 0 Å². The van der Waals surface area contributed by atoms with E-state index in [9.17, 15) is 0 Å². The number of nitrogens with zero attached hydrogens (tertiary/aromatic N) is 5. The van der Waals surface area contributed by atoms with Crippen LogP contribution in [0.4, 0.5) is 0 Å². The van der Waals surface area contributed by atoms with Crippen molar-refractivity contribution in [2.45, 2.75) is 58.4 Å². The highest BCUT2D eigenvalue weighted by Gasteiger charge is 2.46. The molecule has 9 aromatic carbocycles. The number of hydrogen-bond acceptors (Lipinski definition) is 1. The lowest BCUT2D eigenvalue weighted by Crippen LogP contribution is -2.59. The van der Waals surface area contributed by atoms with E-state index in [0.717, 1.165) is 79.4 Å². The average Bonchev–Trinajstić information content (AvgIpc) is 3.47. The lowest BCUT2D eigenvalue weighted by Gasteiger charge is -2.34. The highest BCUT2D eigenvalue weighted by molar-refractivity contribution is 6.16. The fourth-order valence-corrected chi connectivity index (χ4v) is 13.4. The molecule has 0 atom stereocenters. The third-order valence-corrected chi connectivity index (χ3v) is 17.6. The van der Waals surface area contributed by atoms with Crippen LogP contribution in [-0.2, 0) is 11.0 Å². The second-order valence-corrected chi connectivity index (χ2v) is 22.0. The Bertz CT molecular complexity index is 4560. The minimum absolute atomic E-state index is 0.135. The predicted octanol–water partition coefficient (Wildman–Crippen LogP) is 18.4. The monoisotopic (exact) mass is 1020 g/mol. The maximum atomic E-state index is 5.39. The van der Waals surface area contributed by atoms with Crippen molar-refractivity contribution in [2.24, 2.45) is 9.98 Å². The average molecular weight is 1020 g/mol. The number of allylic oxidation sites excluding steroid dienone is 1. The Morgan fingerprint density at radius 2 is 1.08 bits per heavy atom. The van der Waals surface area contributed by atoms with E-state index in [1.54, 1.807) is 0 Å². The molecule has 12 aromatic rings. The summed E-state index contributed by atoms with van der Waals surface area (Å²) < 4.78 is 7.13. The third kappa shape index (κ3) is 7.40. The Labute approximate surface area is 462 Å². The van der Waals surface area contributed by atoms with Crippen LogP contribution >= 0.6 is 0 Å². The van der Waals surface area contributed by atoms with E-state index in [4.69, 9.17) is 23.1 Å². The van der Waals surface area contributed by atoms with E-state index in [1.807, 2.05) is 43.3 Å². The van der Waals surface area contributed by atoms with Gasteiger partial charge in [-0.05, 0) is 129 Å². The molecule has 2 aliphatic rings. The SMILES string of the molecule is C=C(N=C(N=C(C)c1ccccc1)c1ccccc1)n1c2ccc(-c3ccc4c(c3)-c3cccc[n+]3C(CC)(CC)C4=C)cc2c2ccc(-c3ccc4c(c3)c3cc5c(cc3n4-c3ccccc3)-c3ccccc3C5(C)C)cc21. The number of pyridine rings is 1. The lowest BCUT2D eigenvalue weighted by molar-refractivity contribution is -0.741. The van der Waals surface area contributed by atoms with Crippen LogP contribution in [0.5, 0.6) is 0 Å². The Kier molecular flexibility index (Phi) is 11.1. The first-order valence-corrected chi connectivity index (χ1v) is 27.7. The van der Waals surface area contributed by atoms with Crippen molar-refractivity contribution in [2.75, 3.05) is 0 Å². The molecule has 1 aliphatic heterocycles. The van der Waals surface area contributed by atoms with Crippen molar-refractivity contribution in [1.29, 1.82) is 0 Å². The molecule has 0 spiro atoms. The molecule has 3 aromatic heterocycles. The number of benzene rings is 9. The largest absolute Gasteiger partial charge is 0.309 e. The van der Waals surface area contributed by atoms with Gasteiger partial charge in [-0.25, -0.2) is 9.98 Å². The van der Waals surface area contributed by atoms with Crippen LogP contribution in [0, 0.1) is 0 Å². The van der Waals surface area contributed by atoms with E-state index in [1.165, 1.54) is 66.5 Å². The van der Waals surface area contributed by atoms with Crippen molar-refractivity contribution in [1.82, 2.24) is 9.13 Å². The van der Waals surface area contributed by atoms with E-state index in [-0.39, 0.29) is 11.0 Å². The van der Waals surface area contributed by atoms with Crippen molar-refractivity contribution < 1.29 is 4.57 Å². The summed E-state index contributed by atoms with van der Waals surface area (Å²) in [6, 6.07) is 79.4. The molecule has 0 N–H and O–H groups in total. The summed E-state index contributed by atoms with van der Waals surface area (Å²) in [5.41, 5.74) is 22.8. The molecule has 380 valence electrons. The van der Waals surface area contributed by atoms with Crippen LogP contribution in [0.25, 0.3) is 105 Å². The molecule has 0 unspecified atom stereocenters. The van der Waals surface area contributed by atoms with Crippen LogP contribution in [-0.4, -0.2) is 20.7 Å². The molecule has 0 fully saturated rings. The van der Waals surface area contributed by atoms with Gasteiger partial charge in [0.15, 0.2) is 17.6 Å². The van der Waals surface area contributed by atoms with Crippen molar-refractivity contribution in [3.05, 3.63) is 266 Å². The highest BCUT2D eigenvalue weighted by atomic mass is 15.1. The minimum Gasteiger partial charge on any atom is -0.309 e. The first-order valence-electron chi connectivity index (χ1n) is 27.7. The molecule has 0 amide bonds. The first-order chi connectivity index (χ1) is 38.6. The second-order valence-electron chi connectivity index (χ2n) is 22.0. The summed E-state index contributed by atoms with van der Waals surface area (Å²) in [5, 5.41) is 4.69. The fraction of sp³-hybridized carbons (Fsp3) is 0.122. The molecule has 1 aliphatic carbocycles. The topological polar surface area (TPSA) is 38.5 Å². The third-order valence-electron chi connectivity index (χ3n) is 17.6. The van der Waals surface area contributed by atoms with Gasteiger partial charge < -0.3 is 4.57 Å². The number of hydrogen-bond donors (Lipinski definition) is 0. The lowest BCUT2D eigenvalue weighted by atomic mass is 9.75. The molecule has 0 bridgehead atoms. The van der Waals surface area contributed by atoms with Crippen LogP contribution < -0.4 is 4.57 Å². The van der Waals surface area contributed by atoms with Gasteiger partial charge >= 0.3 is 0 Å². The van der Waals surface area contributed by atoms with Crippen molar-refractivity contribution in [3.8, 4) is 50.3 Å². The van der Waals surface area contributed by atoms with Crippen LogP contribution in [0.15, 0.2) is 248 Å². The summed E-state index contributed by atoms with van der Waals surface area (Å²) in [4.78, 5) is 10.6. The highest BCUT2D eigenvalue weighted by Crippen LogP contribution is 2.52. The fourth-order valence-electron chi connectivity index (χ4n) is 13.4. The van der Waals surface area contributed by atoms with Gasteiger partial charge in [-0.15, -0.1) is 0 Å². The first kappa shape index (κ1) is 48.0. The molecule has 0 radical (unpaired) electrons. The Hall–Kier alpha value is -9.45. The molecule has 0 saturated carbocycles. The van der Waals surface area contributed by atoms with Gasteiger partial charge in [0.05, 0.1) is 27.6 Å². The molecular formula is C74H60N5+. The van der Waals surface area contributed by atoms with Crippen molar-refractivity contribution in [3.63, 3.8) is 0 Å². The zero-order valence-electron chi connectivity index (χ0n) is 45.4. The number of aliphatic imine (C=N–C) groups is 2. The van der Waals surface area contributed by atoms with Crippen LogP contribution in [0.1, 0.15) is 75.3 Å². The van der Waals surface area contributed by atoms with Crippen molar-refractivity contribution >= 4 is 66.6 Å². The molecule has 5 nitrogen and oxygen atoms in total. The number of para-hydroxylation sites is 1. The minimum atomic E-state index is -0.168. The molecule has 0 saturated heterocycles. The summed E-state index contributed by atoms with van der Waals surface area (Å²) in [7, 11) is 0. The van der Waals surface area contributed by atoms with Gasteiger partial charge in [0.2, 0.25) is 5.69 Å². The predicted molar refractivity (Wildman–Crippen MR) is 332 cm³/mol. The molecule has 79 heavy (non-hydrogen) atoms. The summed E-state index contributed by atoms with van der Waals surface area (Å²) in [5.74, 6) is 1.17. The molecular weight excluding hydrogens is 959 g/mol. The Balaban J connectivity index is 0.963. The Morgan fingerprint density at radius 3 is 1.81 bits per heavy atom. The zero-order chi connectivity index (χ0) is 53.7. The standard InChI is InChI=1S/C74H60N5/c1-8-74(9-2)47(3)57-36-32-52(41-61(57)67-31-21-22-40-77(67)74)53-34-38-68-62(42-53)59-37-33-55(44-70(59)78(68)49(5)76-72(51-25-15-11-16-26-51)75-48(4)50-23-13-10-14-24-50)54-35-39-69-63(43-54)64-45-66-60(58-29-19-20-30-65(58)73(66,6)7)46-71(64)79(69)56-27-17-12-18-28-56/h10-46H,3,5,8-9H2,1-2,4,6-7H3/q+1. The summed E-state index contributed by atoms with van der Waals surface area (Å²) in [6.07, 6.45) is 4.17. The summed E-state index contributed by atoms with van der Waals surface area (Å²) >= 11 is 0. The van der Waals surface area contributed by atoms with Crippen LogP contribution in [0.2, 0.25) is 0 Å². The Morgan fingerprint density at radius 1 is 0.481 bits per heavy atom. The molecule has 4 heterocycles. The smallest absolute Gasteiger partial charge is 0.213 e. The normalized spacial score (nSPS) is 14.4. The van der Waals surface area contributed by atoms with Gasteiger partial charge in [-0.2, -0.15) is 4.57 Å². The molecule has 5 heteroatoms. The number of amidine groups is 1. The van der Waals surface area contributed by atoms with E-state index < -0.39 is 0 Å². The number of aromatic nitrogens is 3. The quantitative estimate of drug-likeness (QED) is 0.0785. The number of fused-ring (bicyclic) bond motifs is 12. The zero-order valence-corrected chi connectivity index (χ0v) is 45.4. The number of rotatable bonds is 9. The summed E-state index contributed by atoms with van der Waals surface area (Å²) in [6.45, 7) is 20.9. The van der Waals surface area contributed by atoms with Gasteiger partial charge in [-0.1, -0.05) is 180 Å². The maximum absolute atomic E-state index is 5.39. The van der Waals surface area contributed by atoms with Gasteiger partial charge in [0.25, 0.3) is 0 Å². The van der Waals surface area contributed by atoms with E-state index in [2.05, 4.69) is 230 Å². The van der Waals surface area contributed by atoms with Gasteiger partial charge in [-0.3, -0.25) is 4.57 Å². The van der Waals surface area contributed by atoms with E-state index in [0.29, 0.717) is 11.7 Å².